The molecule has 2 aromatic heterocycles. The number of para-hydroxylation sites is 1. The summed E-state index contributed by atoms with van der Waals surface area (Å²) in [6.45, 7) is 0. The van der Waals surface area contributed by atoms with Crippen molar-refractivity contribution in [3.63, 3.8) is 0 Å². The van der Waals surface area contributed by atoms with Crippen LogP contribution in [0.4, 0.5) is 0 Å². The Morgan fingerprint density at radius 1 is 0.963 bits per heavy atom. The lowest BCUT2D eigenvalue weighted by molar-refractivity contribution is 0.0724. The average Bonchev–Trinajstić information content (AvgIpc) is 3.39. The van der Waals surface area contributed by atoms with Gasteiger partial charge in [-0.05, 0) is 46.8 Å². The topological polar surface area (TPSA) is 97.0 Å². The minimum atomic E-state index is -0.614. The molecule has 4 aromatic rings. The molecule has 134 valence electrons. The summed E-state index contributed by atoms with van der Waals surface area (Å²) in [4.78, 5) is 12.5. The van der Waals surface area contributed by atoms with Crippen molar-refractivity contribution in [2.24, 2.45) is 0 Å². The summed E-state index contributed by atoms with van der Waals surface area (Å²) in [5.41, 5.74) is 1.64. The third-order valence-corrected chi connectivity index (χ3v) is 3.78. The molecule has 2 aromatic carbocycles. The average molecular weight is 362 g/mol. The van der Waals surface area contributed by atoms with E-state index in [4.69, 9.17) is 9.47 Å². The number of carbonyl (C=O) groups is 1. The Hall–Kier alpha value is -4.01. The molecule has 0 aliphatic carbocycles. The number of benzene rings is 2. The van der Waals surface area contributed by atoms with Gasteiger partial charge in [-0.2, -0.15) is 5.10 Å². The first-order valence-corrected chi connectivity index (χ1v) is 7.99. The van der Waals surface area contributed by atoms with Gasteiger partial charge in [0.1, 0.15) is 12.1 Å². The number of carbonyl (C=O) groups excluding carboxylic acids is 1. The lowest BCUT2D eigenvalue weighted by Gasteiger charge is -2.05. The van der Waals surface area contributed by atoms with E-state index in [-0.39, 0.29) is 5.69 Å². The molecular formula is C18H14N6O3. The van der Waals surface area contributed by atoms with Gasteiger partial charge in [-0.25, -0.2) is 14.2 Å². The van der Waals surface area contributed by atoms with Crippen molar-refractivity contribution in [2.75, 3.05) is 7.11 Å². The van der Waals surface area contributed by atoms with Crippen LogP contribution in [0.25, 0.3) is 11.4 Å². The molecule has 0 bridgehead atoms. The number of nitrogens with zero attached hydrogens (tertiary/aromatic N) is 6. The predicted octanol–water partition coefficient (Wildman–Crippen LogP) is 2.08. The van der Waals surface area contributed by atoms with Crippen molar-refractivity contribution >= 4 is 5.97 Å². The van der Waals surface area contributed by atoms with Crippen molar-refractivity contribution in [3.8, 4) is 22.9 Å². The third kappa shape index (κ3) is 3.38. The van der Waals surface area contributed by atoms with Crippen LogP contribution in [0.5, 0.6) is 11.5 Å². The van der Waals surface area contributed by atoms with Crippen LogP contribution in [0.2, 0.25) is 0 Å². The first-order chi connectivity index (χ1) is 13.2. The molecule has 0 aliphatic rings. The number of hydrogen-bond donors (Lipinski definition) is 0. The van der Waals surface area contributed by atoms with Gasteiger partial charge in [0.15, 0.2) is 5.75 Å². The van der Waals surface area contributed by atoms with Crippen LogP contribution in [0.15, 0.2) is 67.1 Å². The number of methoxy groups -OCH3 is 1. The van der Waals surface area contributed by atoms with Crippen LogP contribution in [0.3, 0.4) is 0 Å². The van der Waals surface area contributed by atoms with E-state index >= 15 is 0 Å². The zero-order chi connectivity index (χ0) is 18.6. The summed E-state index contributed by atoms with van der Waals surface area (Å²) in [7, 11) is 1.48. The number of rotatable bonds is 5. The molecule has 0 fully saturated rings. The Morgan fingerprint density at radius 2 is 1.70 bits per heavy atom. The Labute approximate surface area is 153 Å². The van der Waals surface area contributed by atoms with Crippen LogP contribution < -0.4 is 9.47 Å². The maximum absolute atomic E-state index is 12.5. The van der Waals surface area contributed by atoms with Crippen molar-refractivity contribution < 1.29 is 14.3 Å². The number of aromatic nitrogens is 6. The highest BCUT2D eigenvalue weighted by Crippen LogP contribution is 2.22. The zero-order valence-corrected chi connectivity index (χ0v) is 14.3. The van der Waals surface area contributed by atoms with Gasteiger partial charge in [0.2, 0.25) is 5.69 Å². The minimum Gasteiger partial charge on any atom is -0.493 e. The van der Waals surface area contributed by atoms with E-state index in [1.807, 2.05) is 30.3 Å². The summed E-state index contributed by atoms with van der Waals surface area (Å²) >= 11 is 0. The molecule has 9 nitrogen and oxygen atoms in total. The zero-order valence-electron chi connectivity index (χ0n) is 14.3. The SMILES string of the molecule is COc1cn(-c2ccccc2)nc1C(=O)Oc1ccc(-n2cnnn2)cc1. The molecule has 0 amide bonds. The maximum atomic E-state index is 12.5. The normalized spacial score (nSPS) is 10.6. The fourth-order valence-corrected chi connectivity index (χ4v) is 2.46. The first-order valence-electron chi connectivity index (χ1n) is 7.99. The quantitative estimate of drug-likeness (QED) is 0.396. The fourth-order valence-electron chi connectivity index (χ4n) is 2.46. The van der Waals surface area contributed by atoms with E-state index in [0.29, 0.717) is 11.5 Å². The van der Waals surface area contributed by atoms with Gasteiger partial charge in [0.25, 0.3) is 0 Å². The summed E-state index contributed by atoms with van der Waals surface area (Å²) < 4.78 is 13.7. The van der Waals surface area contributed by atoms with Gasteiger partial charge in [0.05, 0.1) is 24.7 Å². The molecule has 0 aliphatic heterocycles. The van der Waals surface area contributed by atoms with Crippen LogP contribution >= 0.6 is 0 Å². The molecule has 2 heterocycles. The minimum absolute atomic E-state index is 0.0888. The molecule has 0 N–H and O–H groups in total. The second-order valence-corrected chi connectivity index (χ2v) is 5.46. The van der Waals surface area contributed by atoms with E-state index < -0.39 is 5.97 Å². The van der Waals surface area contributed by atoms with E-state index in [1.54, 1.807) is 35.1 Å². The summed E-state index contributed by atoms with van der Waals surface area (Å²) in [6, 6.07) is 16.2. The van der Waals surface area contributed by atoms with Crippen LogP contribution in [0, 0.1) is 0 Å². The molecule has 0 atom stereocenters. The molecule has 0 saturated heterocycles. The van der Waals surface area contributed by atoms with E-state index in [1.165, 1.54) is 18.1 Å². The summed E-state index contributed by atoms with van der Waals surface area (Å²) in [6.07, 6.45) is 3.11. The lowest BCUT2D eigenvalue weighted by atomic mass is 10.3. The van der Waals surface area contributed by atoms with Gasteiger partial charge in [-0.3, -0.25) is 0 Å². The molecular weight excluding hydrogens is 348 g/mol. The second kappa shape index (κ2) is 7.08. The smallest absolute Gasteiger partial charge is 0.368 e. The monoisotopic (exact) mass is 362 g/mol. The van der Waals surface area contributed by atoms with Crippen LogP contribution in [-0.4, -0.2) is 43.1 Å². The molecule has 4 rings (SSSR count). The molecule has 0 unspecified atom stereocenters. The molecule has 27 heavy (non-hydrogen) atoms. The molecule has 9 heteroatoms. The lowest BCUT2D eigenvalue weighted by Crippen LogP contribution is -2.11. The summed E-state index contributed by atoms with van der Waals surface area (Å²) in [5, 5.41) is 15.2. The Bertz CT molecular complexity index is 1040. The molecule has 0 spiro atoms. The van der Waals surface area contributed by atoms with Gasteiger partial charge in [-0.1, -0.05) is 18.2 Å². The van der Waals surface area contributed by atoms with E-state index in [9.17, 15) is 4.79 Å². The number of hydrogen-bond acceptors (Lipinski definition) is 7. The Balaban J connectivity index is 1.55. The Morgan fingerprint density at radius 3 is 2.37 bits per heavy atom. The van der Waals surface area contributed by atoms with Crippen LogP contribution in [-0.2, 0) is 0 Å². The molecule has 0 saturated carbocycles. The molecule has 0 radical (unpaired) electrons. The highest BCUT2D eigenvalue weighted by molar-refractivity contribution is 5.91. The Kier molecular flexibility index (Phi) is 4.32. The number of tetrazole rings is 1. The van der Waals surface area contributed by atoms with Gasteiger partial charge < -0.3 is 9.47 Å². The van der Waals surface area contributed by atoms with Gasteiger partial charge >= 0.3 is 5.97 Å². The second-order valence-electron chi connectivity index (χ2n) is 5.46. The highest BCUT2D eigenvalue weighted by Gasteiger charge is 2.20. The van der Waals surface area contributed by atoms with Crippen molar-refractivity contribution in [1.29, 1.82) is 0 Å². The number of ether oxygens (including phenoxy) is 2. The van der Waals surface area contributed by atoms with E-state index in [0.717, 1.165) is 11.4 Å². The fraction of sp³-hybridized carbons (Fsp3) is 0.0556. The largest absolute Gasteiger partial charge is 0.493 e. The highest BCUT2D eigenvalue weighted by atomic mass is 16.5. The predicted molar refractivity (Wildman–Crippen MR) is 94.2 cm³/mol. The van der Waals surface area contributed by atoms with Crippen molar-refractivity contribution in [1.82, 2.24) is 30.0 Å². The van der Waals surface area contributed by atoms with Crippen molar-refractivity contribution in [3.05, 3.63) is 72.8 Å². The third-order valence-electron chi connectivity index (χ3n) is 3.78. The first kappa shape index (κ1) is 16.5. The van der Waals surface area contributed by atoms with Crippen molar-refractivity contribution in [2.45, 2.75) is 0 Å². The van der Waals surface area contributed by atoms with Gasteiger partial charge in [-0.15, -0.1) is 5.10 Å². The van der Waals surface area contributed by atoms with Gasteiger partial charge in [0, 0.05) is 0 Å². The standard InChI is InChI=1S/C18H14N6O3/c1-26-16-11-23(13-5-3-2-4-6-13)20-17(16)18(25)27-15-9-7-14(8-10-15)24-12-19-21-22-24/h2-12H,1H3. The van der Waals surface area contributed by atoms with E-state index in [2.05, 4.69) is 20.6 Å². The maximum Gasteiger partial charge on any atom is 0.368 e. The van der Waals surface area contributed by atoms with Crippen LogP contribution in [0.1, 0.15) is 10.5 Å². The number of esters is 1. The summed E-state index contributed by atoms with van der Waals surface area (Å²) in [5.74, 6) is 0.0824.